The van der Waals surface area contributed by atoms with Crippen LogP contribution >= 0.6 is 7.60 Å². The van der Waals surface area contributed by atoms with Gasteiger partial charge in [0.25, 0.3) is 11.1 Å². The number of ether oxygens (including phenoxy) is 1. The molecule has 190 valence electrons. The van der Waals surface area contributed by atoms with E-state index in [4.69, 9.17) is 9.26 Å². The summed E-state index contributed by atoms with van der Waals surface area (Å²) >= 11 is 0. The third kappa shape index (κ3) is 4.87. The first-order valence-corrected chi connectivity index (χ1v) is 12.3. The van der Waals surface area contributed by atoms with Crippen molar-refractivity contribution >= 4 is 13.4 Å². The molecule has 14 heteroatoms. The highest BCUT2D eigenvalue weighted by Crippen LogP contribution is 2.59. The van der Waals surface area contributed by atoms with Gasteiger partial charge in [0, 0.05) is 12.6 Å². The van der Waals surface area contributed by atoms with Gasteiger partial charge in [-0.25, -0.2) is 0 Å². The van der Waals surface area contributed by atoms with Gasteiger partial charge in [-0.3, -0.25) is 23.5 Å². The summed E-state index contributed by atoms with van der Waals surface area (Å²) in [5, 5.41) is 29.4. The van der Waals surface area contributed by atoms with E-state index in [1.165, 1.54) is 20.8 Å². The number of aliphatic hydroxyl groups excluding tert-OH is 2. The lowest BCUT2D eigenvalue weighted by atomic mass is 9.92. The molecule has 5 N–H and O–H groups in total. The lowest BCUT2D eigenvalue weighted by Crippen LogP contribution is -2.40. The summed E-state index contributed by atoms with van der Waals surface area (Å²) in [6, 6.07) is 0.648. The van der Waals surface area contributed by atoms with Crippen molar-refractivity contribution in [2.24, 2.45) is 0 Å². The zero-order valence-electron chi connectivity index (χ0n) is 19.1. The summed E-state index contributed by atoms with van der Waals surface area (Å²) in [4.78, 5) is 40.1. The highest BCUT2D eigenvalue weighted by molar-refractivity contribution is 7.54. The Bertz CT molecular complexity index is 1230. The highest BCUT2D eigenvalue weighted by atomic mass is 31.2. The number of halogens is 1. The Kier molecular flexibility index (Phi) is 7.22. The van der Waals surface area contributed by atoms with Crippen LogP contribution in [0.2, 0.25) is 0 Å². The first-order chi connectivity index (χ1) is 15.6. The molecule has 0 saturated carbocycles. The fourth-order valence-electron chi connectivity index (χ4n) is 3.68. The van der Waals surface area contributed by atoms with Crippen molar-refractivity contribution in [1.82, 2.24) is 14.4 Å². The first-order valence-electron chi connectivity index (χ1n) is 10.7. The molecule has 0 radical (unpaired) electrons. The van der Waals surface area contributed by atoms with E-state index in [1.54, 1.807) is 6.92 Å². The number of nitrogens with one attached hydrogen (secondary N) is 1. The average Bonchev–Trinajstić information content (AvgIpc) is 3.00. The largest absolute Gasteiger partial charge is 0.388 e. The van der Waals surface area contributed by atoms with Crippen LogP contribution in [0.5, 0.6) is 0 Å². The molecule has 1 saturated heterocycles. The lowest BCUT2D eigenvalue weighted by Gasteiger charge is -2.37. The first kappa shape index (κ1) is 26.6. The van der Waals surface area contributed by atoms with Gasteiger partial charge in [0.15, 0.2) is 5.34 Å². The van der Waals surface area contributed by atoms with E-state index in [0.717, 1.165) is 10.6 Å². The minimum atomic E-state index is -4.52. The predicted molar refractivity (Wildman–Crippen MR) is 117 cm³/mol. The van der Waals surface area contributed by atoms with Crippen LogP contribution in [0.15, 0.2) is 21.9 Å². The Hall–Kier alpha value is -1.99. The van der Waals surface area contributed by atoms with Gasteiger partial charge in [-0.2, -0.15) is 9.37 Å². The van der Waals surface area contributed by atoms with E-state index in [-0.39, 0.29) is 30.6 Å². The van der Waals surface area contributed by atoms with Crippen molar-refractivity contribution in [2.75, 3.05) is 0 Å². The molecule has 3 rings (SSSR count). The maximum absolute atomic E-state index is 14.2. The molecule has 0 spiro atoms. The molecule has 3 heterocycles. The van der Waals surface area contributed by atoms with Gasteiger partial charge in [0.1, 0.15) is 18.3 Å². The van der Waals surface area contributed by atoms with Crippen LogP contribution in [-0.2, 0) is 13.8 Å². The molecule has 0 aromatic carbocycles. The van der Waals surface area contributed by atoms with Crippen LogP contribution in [0.4, 0.5) is 4.39 Å². The molecule has 0 aliphatic carbocycles. The van der Waals surface area contributed by atoms with Crippen molar-refractivity contribution in [3.8, 4) is 0 Å². The molecular formula is C20H29FN3O9P. The van der Waals surface area contributed by atoms with Crippen LogP contribution in [0.1, 0.15) is 58.6 Å². The molecule has 4 unspecified atom stereocenters. The lowest BCUT2D eigenvalue weighted by molar-refractivity contribution is -0.0533. The van der Waals surface area contributed by atoms with Gasteiger partial charge in [-0.1, -0.05) is 13.8 Å². The van der Waals surface area contributed by atoms with E-state index < -0.39 is 60.0 Å². The maximum Gasteiger partial charge on any atom is 0.359 e. The van der Waals surface area contributed by atoms with E-state index in [2.05, 4.69) is 9.97 Å². The number of aromatic amines is 1. The van der Waals surface area contributed by atoms with Crippen molar-refractivity contribution in [1.29, 1.82) is 0 Å². The zero-order valence-corrected chi connectivity index (χ0v) is 20.0. The van der Waals surface area contributed by atoms with E-state index in [1.807, 2.05) is 0 Å². The number of H-pyrrole nitrogens is 1. The monoisotopic (exact) mass is 505 g/mol. The number of nitrogens with zero attached hydrogens (tertiary/aromatic N) is 2. The molecule has 2 aromatic heterocycles. The van der Waals surface area contributed by atoms with Gasteiger partial charge in [0.2, 0.25) is 11.7 Å². The van der Waals surface area contributed by atoms with Gasteiger partial charge in [-0.05, 0) is 26.7 Å². The highest BCUT2D eigenvalue weighted by Gasteiger charge is 2.51. The minimum absolute atomic E-state index is 0.0509. The van der Waals surface area contributed by atoms with Crippen molar-refractivity contribution in [3.05, 3.63) is 44.5 Å². The van der Waals surface area contributed by atoms with Crippen molar-refractivity contribution < 1.29 is 38.4 Å². The smallest absolute Gasteiger partial charge is 0.359 e. The molecule has 1 aliphatic heterocycles. The number of aromatic nitrogens is 3. The Morgan fingerprint density at radius 3 is 2.50 bits per heavy atom. The summed E-state index contributed by atoms with van der Waals surface area (Å²) in [7, 11) is -4.52. The van der Waals surface area contributed by atoms with Gasteiger partial charge >= 0.3 is 7.60 Å². The second kappa shape index (κ2) is 9.23. The molecule has 1 fully saturated rings. The second-order valence-electron chi connectivity index (χ2n) is 8.92. The number of rotatable bonds is 8. The van der Waals surface area contributed by atoms with Crippen LogP contribution in [0.25, 0.3) is 5.78 Å². The number of fused-ring (bicyclic) bond motifs is 1. The van der Waals surface area contributed by atoms with Gasteiger partial charge in [0.05, 0.1) is 23.3 Å². The zero-order chi connectivity index (χ0) is 25.6. The molecule has 0 bridgehead atoms. The maximum atomic E-state index is 14.2. The van der Waals surface area contributed by atoms with Crippen molar-refractivity contribution in [2.45, 2.75) is 82.3 Å². The Morgan fingerprint density at radius 1 is 1.26 bits per heavy atom. The minimum Gasteiger partial charge on any atom is -0.388 e. The van der Waals surface area contributed by atoms with Gasteiger partial charge in [-0.15, -0.1) is 0 Å². The second-order valence-corrected chi connectivity index (χ2v) is 11.1. The molecule has 34 heavy (non-hydrogen) atoms. The quantitative estimate of drug-likeness (QED) is 0.251. The Labute approximate surface area is 193 Å². The topological polar surface area (TPSA) is 184 Å². The SMILES string of the molecule is CCC(C)(C[C@H]1O[C@@H](c2cn3c(F)cc(=O)[nH]c3nc2=O)[C@@H](O)C1O)OP(=O)(O)C(C)(O)CC. The molecule has 0 amide bonds. The van der Waals surface area contributed by atoms with E-state index >= 15 is 0 Å². The Balaban J connectivity index is 1.90. The van der Waals surface area contributed by atoms with E-state index in [9.17, 15) is 38.8 Å². The summed E-state index contributed by atoms with van der Waals surface area (Å²) in [5.74, 6) is -1.36. The normalized spacial score (nSPS) is 28.4. The summed E-state index contributed by atoms with van der Waals surface area (Å²) in [6.45, 7) is 5.86. The molecule has 1 aliphatic rings. The molecule has 7 atom stereocenters. The Morgan fingerprint density at radius 2 is 1.91 bits per heavy atom. The fraction of sp³-hybridized carbons (Fsp3) is 0.650. The average molecular weight is 505 g/mol. The fourth-order valence-corrected chi connectivity index (χ4v) is 5.08. The molecule has 12 nitrogen and oxygen atoms in total. The molecular weight excluding hydrogens is 476 g/mol. The summed E-state index contributed by atoms with van der Waals surface area (Å²) in [6.07, 6.45) is -4.70. The molecule has 2 aromatic rings. The third-order valence-electron chi connectivity index (χ3n) is 6.34. The number of aliphatic hydroxyl groups is 3. The summed E-state index contributed by atoms with van der Waals surface area (Å²) in [5.41, 5.74) is -3.33. The number of hydrogen-bond acceptors (Lipinski definition) is 9. The van der Waals surface area contributed by atoms with Crippen molar-refractivity contribution in [3.63, 3.8) is 0 Å². The van der Waals surface area contributed by atoms with E-state index in [0.29, 0.717) is 6.07 Å². The predicted octanol–water partition coefficient (Wildman–Crippen LogP) is 0.563. The number of hydrogen-bond donors (Lipinski definition) is 5. The van der Waals surface area contributed by atoms with Crippen LogP contribution < -0.4 is 11.1 Å². The standard InChI is InChI=1S/C20H29FN3O9P/c1-5-19(3,33-34(30,31)20(4,29)6-2)8-11-14(26)15(27)16(32-11)10-9-24-12(21)7-13(25)22-18(24)23-17(10)28/h7,9,11,14-16,26-27,29H,5-6,8H2,1-4H3,(H,30,31)(H,22,23,25,28)/t11-,14?,15+,16+,19?,20?/m1/s1. The van der Waals surface area contributed by atoms with Crippen LogP contribution in [0, 0.1) is 5.95 Å². The van der Waals surface area contributed by atoms with Crippen LogP contribution in [-0.4, -0.2) is 63.8 Å². The van der Waals surface area contributed by atoms with Crippen LogP contribution in [0.3, 0.4) is 0 Å². The third-order valence-corrected chi connectivity index (χ3v) is 8.56. The summed E-state index contributed by atoms with van der Waals surface area (Å²) < 4.78 is 38.9. The van der Waals surface area contributed by atoms with Gasteiger partial charge < -0.3 is 29.5 Å².